The minimum atomic E-state index is 0. The molecular formula is C15H25Cl2N3O. The van der Waals surface area contributed by atoms with Crippen molar-refractivity contribution in [1.29, 1.82) is 0 Å². The zero-order valence-electron chi connectivity index (χ0n) is 12.4. The predicted octanol–water partition coefficient (Wildman–Crippen LogP) is 2.79. The number of hydrogen-bond acceptors (Lipinski definition) is 3. The summed E-state index contributed by atoms with van der Waals surface area (Å²) in [7, 11) is 1.85. The van der Waals surface area contributed by atoms with E-state index in [-0.39, 0.29) is 36.8 Å². The number of hydrogen-bond donors (Lipinski definition) is 1. The molecule has 1 aliphatic rings. The first kappa shape index (κ1) is 20.2. The fourth-order valence-corrected chi connectivity index (χ4v) is 2.72. The summed E-state index contributed by atoms with van der Waals surface area (Å²) in [6, 6.07) is 4.08. The normalized spacial score (nSPS) is 20.9. The molecule has 4 nitrogen and oxygen atoms in total. The molecule has 1 aliphatic carbocycles. The van der Waals surface area contributed by atoms with E-state index in [2.05, 4.69) is 4.98 Å². The summed E-state index contributed by atoms with van der Waals surface area (Å²) in [6.07, 6.45) is 8.69. The number of carbonyl (C=O) groups excluding carboxylic acids is 1. The lowest BCUT2D eigenvalue weighted by molar-refractivity contribution is -0.131. The predicted molar refractivity (Wildman–Crippen MR) is 89.8 cm³/mol. The summed E-state index contributed by atoms with van der Waals surface area (Å²) < 4.78 is 0. The molecule has 1 fully saturated rings. The number of carbonyl (C=O) groups is 1. The molecule has 0 bridgehead atoms. The van der Waals surface area contributed by atoms with Crippen LogP contribution in [0.4, 0.5) is 0 Å². The van der Waals surface area contributed by atoms with E-state index in [9.17, 15) is 4.79 Å². The highest BCUT2D eigenvalue weighted by Gasteiger charge is 2.25. The van der Waals surface area contributed by atoms with Crippen molar-refractivity contribution in [2.45, 2.75) is 44.7 Å². The number of pyridine rings is 1. The lowest BCUT2D eigenvalue weighted by Crippen LogP contribution is -2.37. The number of rotatable bonds is 4. The molecule has 1 aromatic rings. The summed E-state index contributed by atoms with van der Waals surface area (Å²) in [5.41, 5.74) is 7.16. The van der Waals surface area contributed by atoms with E-state index in [1.54, 1.807) is 17.3 Å². The van der Waals surface area contributed by atoms with Crippen molar-refractivity contribution in [1.82, 2.24) is 9.88 Å². The Labute approximate surface area is 139 Å². The fourth-order valence-electron chi connectivity index (χ4n) is 2.72. The van der Waals surface area contributed by atoms with Crippen LogP contribution in [0.3, 0.4) is 0 Å². The van der Waals surface area contributed by atoms with Gasteiger partial charge in [0.1, 0.15) is 0 Å². The van der Waals surface area contributed by atoms with Gasteiger partial charge in [0.25, 0.3) is 0 Å². The van der Waals surface area contributed by atoms with Gasteiger partial charge in [0, 0.05) is 38.4 Å². The number of aromatic nitrogens is 1. The van der Waals surface area contributed by atoms with Gasteiger partial charge in [0.15, 0.2) is 0 Å². The average Bonchev–Trinajstić information content (AvgIpc) is 2.42. The minimum Gasteiger partial charge on any atom is -0.341 e. The van der Waals surface area contributed by atoms with E-state index in [1.165, 1.54) is 12.8 Å². The maximum atomic E-state index is 12.2. The molecule has 6 heteroatoms. The van der Waals surface area contributed by atoms with Crippen molar-refractivity contribution < 1.29 is 4.79 Å². The quantitative estimate of drug-likeness (QED) is 0.921. The van der Waals surface area contributed by atoms with Crippen molar-refractivity contribution in [2.24, 2.45) is 11.7 Å². The smallest absolute Gasteiger partial charge is 0.222 e. The molecule has 1 saturated carbocycles. The van der Waals surface area contributed by atoms with Gasteiger partial charge in [-0.15, -0.1) is 24.8 Å². The maximum Gasteiger partial charge on any atom is 0.222 e. The SMILES string of the molecule is CN(Cc1cccnc1)C(=O)CC1CCCCC1N.Cl.Cl. The Morgan fingerprint density at radius 1 is 1.38 bits per heavy atom. The van der Waals surface area contributed by atoms with Crippen LogP contribution in [0.2, 0.25) is 0 Å². The van der Waals surface area contributed by atoms with Gasteiger partial charge in [-0.25, -0.2) is 0 Å². The zero-order valence-corrected chi connectivity index (χ0v) is 14.0. The Hall–Kier alpha value is -0.840. The second kappa shape index (κ2) is 9.98. The molecule has 1 amide bonds. The highest BCUT2D eigenvalue weighted by Crippen LogP contribution is 2.26. The van der Waals surface area contributed by atoms with Gasteiger partial charge in [-0.1, -0.05) is 18.9 Å². The van der Waals surface area contributed by atoms with E-state index in [1.807, 2.05) is 19.2 Å². The largest absolute Gasteiger partial charge is 0.341 e. The first-order valence-electron chi connectivity index (χ1n) is 7.05. The Kier molecular flexibility index (Phi) is 9.58. The maximum absolute atomic E-state index is 12.2. The summed E-state index contributed by atoms with van der Waals surface area (Å²) in [6.45, 7) is 0.620. The molecule has 2 rings (SSSR count). The van der Waals surface area contributed by atoms with Gasteiger partial charge in [-0.2, -0.15) is 0 Å². The Bertz CT molecular complexity index is 417. The molecule has 0 aliphatic heterocycles. The third-order valence-electron chi connectivity index (χ3n) is 3.97. The molecule has 1 aromatic heterocycles. The molecular weight excluding hydrogens is 309 g/mol. The highest BCUT2D eigenvalue weighted by atomic mass is 35.5. The summed E-state index contributed by atoms with van der Waals surface area (Å²) >= 11 is 0. The van der Waals surface area contributed by atoms with Crippen LogP contribution < -0.4 is 5.73 Å². The average molecular weight is 334 g/mol. The second-order valence-electron chi connectivity index (χ2n) is 5.52. The van der Waals surface area contributed by atoms with Crippen molar-refractivity contribution in [3.63, 3.8) is 0 Å². The van der Waals surface area contributed by atoms with Crippen LogP contribution in [-0.2, 0) is 11.3 Å². The van der Waals surface area contributed by atoms with E-state index in [4.69, 9.17) is 5.73 Å². The van der Waals surface area contributed by atoms with Crippen LogP contribution in [0, 0.1) is 5.92 Å². The third kappa shape index (κ3) is 6.20. The van der Waals surface area contributed by atoms with Crippen LogP contribution >= 0.6 is 24.8 Å². The van der Waals surface area contributed by atoms with Crippen molar-refractivity contribution in [3.8, 4) is 0 Å². The minimum absolute atomic E-state index is 0. The van der Waals surface area contributed by atoms with Gasteiger partial charge < -0.3 is 10.6 Å². The van der Waals surface area contributed by atoms with Gasteiger partial charge in [0.05, 0.1) is 0 Å². The fraction of sp³-hybridized carbons (Fsp3) is 0.600. The molecule has 2 unspecified atom stereocenters. The number of nitrogens with zero attached hydrogens (tertiary/aromatic N) is 2. The lowest BCUT2D eigenvalue weighted by Gasteiger charge is -2.29. The zero-order chi connectivity index (χ0) is 13.7. The second-order valence-corrected chi connectivity index (χ2v) is 5.52. The van der Waals surface area contributed by atoms with Crippen LogP contribution in [-0.4, -0.2) is 28.9 Å². The van der Waals surface area contributed by atoms with Gasteiger partial charge in [0.2, 0.25) is 5.91 Å². The topological polar surface area (TPSA) is 59.2 Å². The molecule has 21 heavy (non-hydrogen) atoms. The van der Waals surface area contributed by atoms with Crippen molar-refractivity contribution in [3.05, 3.63) is 30.1 Å². The van der Waals surface area contributed by atoms with Crippen LogP contribution in [0.5, 0.6) is 0 Å². The molecule has 0 radical (unpaired) electrons. The summed E-state index contributed by atoms with van der Waals surface area (Å²) in [5.74, 6) is 0.545. The van der Waals surface area contributed by atoms with E-state index >= 15 is 0 Å². The lowest BCUT2D eigenvalue weighted by atomic mass is 9.83. The van der Waals surface area contributed by atoms with Crippen molar-refractivity contribution in [2.75, 3.05) is 7.05 Å². The van der Waals surface area contributed by atoms with E-state index < -0.39 is 0 Å². The monoisotopic (exact) mass is 333 g/mol. The molecule has 2 N–H and O–H groups in total. The first-order chi connectivity index (χ1) is 9.16. The Balaban J connectivity index is 0.00000200. The van der Waals surface area contributed by atoms with E-state index in [0.29, 0.717) is 18.9 Å². The number of halogens is 2. The number of amides is 1. The molecule has 0 saturated heterocycles. The third-order valence-corrected chi connectivity index (χ3v) is 3.97. The van der Waals surface area contributed by atoms with Crippen molar-refractivity contribution >= 4 is 30.7 Å². The van der Waals surface area contributed by atoms with Crippen LogP contribution in [0.15, 0.2) is 24.5 Å². The standard InChI is InChI=1S/C15H23N3O.2ClH/c1-18(11-12-5-4-8-17-10-12)15(19)9-13-6-2-3-7-14(13)16;;/h4-5,8,10,13-14H,2-3,6-7,9,11,16H2,1H3;2*1H. The summed E-state index contributed by atoms with van der Waals surface area (Å²) in [5, 5.41) is 0. The molecule has 1 heterocycles. The highest BCUT2D eigenvalue weighted by molar-refractivity contribution is 5.85. The molecule has 120 valence electrons. The molecule has 2 atom stereocenters. The van der Waals surface area contributed by atoms with Crippen LogP contribution in [0.1, 0.15) is 37.7 Å². The Morgan fingerprint density at radius 3 is 2.71 bits per heavy atom. The Morgan fingerprint density at radius 2 is 2.10 bits per heavy atom. The number of nitrogens with two attached hydrogens (primary N) is 1. The summed E-state index contributed by atoms with van der Waals surface area (Å²) in [4.78, 5) is 18.1. The molecule has 0 aromatic carbocycles. The molecule has 0 spiro atoms. The van der Waals surface area contributed by atoms with Gasteiger partial charge in [-0.3, -0.25) is 9.78 Å². The van der Waals surface area contributed by atoms with Gasteiger partial charge >= 0.3 is 0 Å². The van der Waals surface area contributed by atoms with Crippen LogP contribution in [0.25, 0.3) is 0 Å². The van der Waals surface area contributed by atoms with E-state index in [0.717, 1.165) is 18.4 Å². The van der Waals surface area contributed by atoms with Gasteiger partial charge in [-0.05, 0) is 30.4 Å². The first-order valence-corrected chi connectivity index (χ1v) is 7.05.